The van der Waals surface area contributed by atoms with E-state index in [-0.39, 0.29) is 12.5 Å². The molecule has 0 aliphatic heterocycles. The first kappa shape index (κ1) is 18.6. The van der Waals surface area contributed by atoms with Gasteiger partial charge in [-0.15, -0.1) is 0 Å². The first-order valence-corrected chi connectivity index (χ1v) is 9.11. The lowest BCUT2D eigenvalue weighted by molar-refractivity contribution is -0.128. The first-order chi connectivity index (χ1) is 13.2. The summed E-state index contributed by atoms with van der Waals surface area (Å²) < 4.78 is 11.0. The zero-order valence-electron chi connectivity index (χ0n) is 15.5. The highest BCUT2D eigenvalue weighted by Gasteiger charge is 2.19. The third-order valence-corrected chi connectivity index (χ3v) is 4.19. The van der Waals surface area contributed by atoms with Crippen molar-refractivity contribution < 1.29 is 14.1 Å². The number of nitrogens with one attached hydrogen (secondary N) is 1. The number of hydrogen-bond donors (Lipinski definition) is 1. The molecule has 27 heavy (non-hydrogen) atoms. The average Bonchev–Trinajstić information content (AvgIpc) is 3.20. The van der Waals surface area contributed by atoms with Crippen LogP contribution < -0.4 is 10.1 Å². The van der Waals surface area contributed by atoms with Crippen molar-refractivity contribution in [1.82, 2.24) is 15.5 Å². The second kappa shape index (κ2) is 8.98. The van der Waals surface area contributed by atoms with E-state index < -0.39 is 6.10 Å². The lowest BCUT2D eigenvalue weighted by atomic mass is 10.2. The maximum Gasteiger partial charge on any atom is 0.261 e. The second-order valence-corrected chi connectivity index (χ2v) is 6.11. The van der Waals surface area contributed by atoms with Crippen molar-refractivity contribution in [3.63, 3.8) is 0 Å². The minimum Gasteiger partial charge on any atom is -0.481 e. The van der Waals surface area contributed by atoms with Crippen molar-refractivity contribution in [2.45, 2.75) is 39.3 Å². The highest BCUT2D eigenvalue weighted by atomic mass is 16.5. The van der Waals surface area contributed by atoms with Gasteiger partial charge in [0.2, 0.25) is 11.7 Å². The van der Waals surface area contributed by atoms with Gasteiger partial charge in [-0.2, -0.15) is 4.98 Å². The van der Waals surface area contributed by atoms with Gasteiger partial charge in [0.1, 0.15) is 5.75 Å². The molecule has 1 aromatic heterocycles. The van der Waals surface area contributed by atoms with Gasteiger partial charge in [-0.3, -0.25) is 4.79 Å². The zero-order valence-corrected chi connectivity index (χ0v) is 15.5. The largest absolute Gasteiger partial charge is 0.481 e. The fourth-order valence-corrected chi connectivity index (χ4v) is 2.60. The molecule has 3 aromatic rings. The Hall–Kier alpha value is -3.15. The third kappa shape index (κ3) is 4.94. The number of aromatic nitrogens is 2. The molecular weight excluding hydrogens is 342 g/mol. The van der Waals surface area contributed by atoms with Gasteiger partial charge in [0.25, 0.3) is 5.91 Å². The van der Waals surface area contributed by atoms with E-state index in [0.717, 1.165) is 12.0 Å². The Morgan fingerprint density at radius 1 is 1.11 bits per heavy atom. The van der Waals surface area contributed by atoms with Crippen LogP contribution in [-0.4, -0.2) is 22.2 Å². The molecule has 0 saturated heterocycles. The van der Waals surface area contributed by atoms with Crippen molar-refractivity contribution in [3.05, 3.63) is 66.1 Å². The fraction of sp³-hybridized carbons (Fsp3) is 0.286. The Morgan fingerprint density at radius 2 is 1.85 bits per heavy atom. The van der Waals surface area contributed by atoms with Crippen LogP contribution in [0.25, 0.3) is 11.4 Å². The smallest absolute Gasteiger partial charge is 0.261 e. The molecule has 6 heteroatoms. The Labute approximate surface area is 158 Å². The van der Waals surface area contributed by atoms with Crippen molar-refractivity contribution >= 4 is 5.91 Å². The lowest BCUT2D eigenvalue weighted by Gasteiger charge is -2.17. The van der Waals surface area contributed by atoms with Crippen LogP contribution in [0.3, 0.4) is 0 Å². The summed E-state index contributed by atoms with van der Waals surface area (Å²) in [6.45, 7) is 4.16. The monoisotopic (exact) mass is 365 g/mol. The van der Waals surface area contributed by atoms with E-state index in [2.05, 4.69) is 22.4 Å². The minimum atomic E-state index is -0.575. The number of carbonyl (C=O) groups excluding carboxylic acids is 1. The van der Waals surface area contributed by atoms with E-state index >= 15 is 0 Å². The fourth-order valence-electron chi connectivity index (χ4n) is 2.60. The topological polar surface area (TPSA) is 77.2 Å². The predicted molar refractivity (Wildman–Crippen MR) is 102 cm³/mol. The lowest BCUT2D eigenvalue weighted by Crippen LogP contribution is -2.37. The van der Waals surface area contributed by atoms with E-state index in [1.807, 2.05) is 61.5 Å². The summed E-state index contributed by atoms with van der Waals surface area (Å²) in [7, 11) is 0. The Kier molecular flexibility index (Phi) is 6.20. The SMILES string of the molecule is CCc1ccc(OC(CC)C(=O)NCc2nc(-c3ccccc3)no2)cc1. The molecule has 0 saturated carbocycles. The van der Waals surface area contributed by atoms with Crippen molar-refractivity contribution in [3.8, 4) is 17.1 Å². The Morgan fingerprint density at radius 3 is 2.52 bits per heavy atom. The van der Waals surface area contributed by atoms with E-state index in [0.29, 0.717) is 23.9 Å². The molecule has 6 nitrogen and oxygen atoms in total. The highest BCUT2D eigenvalue weighted by Crippen LogP contribution is 2.16. The zero-order chi connectivity index (χ0) is 19.1. The van der Waals surface area contributed by atoms with E-state index in [1.54, 1.807) is 0 Å². The number of benzene rings is 2. The van der Waals surface area contributed by atoms with Gasteiger partial charge in [0.15, 0.2) is 6.10 Å². The summed E-state index contributed by atoms with van der Waals surface area (Å²) in [4.78, 5) is 16.7. The molecule has 0 aliphatic rings. The number of hydrogen-bond acceptors (Lipinski definition) is 5. The van der Waals surface area contributed by atoms with Crippen molar-refractivity contribution in [1.29, 1.82) is 0 Å². The van der Waals surface area contributed by atoms with Crippen LogP contribution >= 0.6 is 0 Å². The van der Waals surface area contributed by atoms with Gasteiger partial charge in [-0.25, -0.2) is 0 Å². The summed E-state index contributed by atoms with van der Waals surface area (Å²) in [6, 6.07) is 17.3. The Bertz CT molecular complexity index is 860. The van der Waals surface area contributed by atoms with E-state index in [1.165, 1.54) is 5.56 Å². The predicted octanol–water partition coefficient (Wildman–Crippen LogP) is 3.77. The maximum atomic E-state index is 12.4. The first-order valence-electron chi connectivity index (χ1n) is 9.11. The molecule has 140 valence electrons. The summed E-state index contributed by atoms with van der Waals surface area (Å²) in [5, 5.41) is 6.74. The molecule has 2 aromatic carbocycles. The molecule has 3 rings (SSSR count). The molecule has 0 spiro atoms. The number of aryl methyl sites for hydroxylation is 1. The number of rotatable bonds is 8. The molecular formula is C21H23N3O3. The molecule has 1 unspecified atom stereocenters. The van der Waals surface area contributed by atoms with Crippen molar-refractivity contribution in [2.75, 3.05) is 0 Å². The van der Waals surface area contributed by atoms with E-state index in [4.69, 9.17) is 9.26 Å². The number of amides is 1. The number of nitrogens with zero attached hydrogens (tertiary/aromatic N) is 2. The molecule has 1 amide bonds. The van der Waals surface area contributed by atoms with Crippen LogP contribution in [0.5, 0.6) is 5.75 Å². The summed E-state index contributed by atoms with van der Waals surface area (Å²) in [6.07, 6.45) is 0.946. The molecule has 0 bridgehead atoms. The molecule has 1 heterocycles. The van der Waals surface area contributed by atoms with Gasteiger partial charge in [-0.05, 0) is 30.5 Å². The van der Waals surface area contributed by atoms with E-state index in [9.17, 15) is 4.79 Å². The molecule has 1 N–H and O–H groups in total. The summed E-state index contributed by atoms with van der Waals surface area (Å²) >= 11 is 0. The standard InChI is InChI=1S/C21H23N3O3/c1-3-15-10-12-17(13-11-15)26-18(4-2)21(25)22-14-19-23-20(24-27-19)16-8-6-5-7-9-16/h5-13,18H,3-4,14H2,1-2H3,(H,22,25). The van der Waals surface area contributed by atoms with Gasteiger partial charge in [0.05, 0.1) is 6.54 Å². The number of ether oxygens (including phenoxy) is 1. The van der Waals surface area contributed by atoms with Crippen molar-refractivity contribution in [2.24, 2.45) is 0 Å². The van der Waals surface area contributed by atoms with Gasteiger partial charge >= 0.3 is 0 Å². The second-order valence-electron chi connectivity index (χ2n) is 6.11. The van der Waals surface area contributed by atoms with Crippen LogP contribution in [0.1, 0.15) is 31.7 Å². The van der Waals surface area contributed by atoms with Crippen LogP contribution in [0.4, 0.5) is 0 Å². The molecule has 0 radical (unpaired) electrons. The quantitative estimate of drug-likeness (QED) is 0.657. The molecule has 1 atom stereocenters. The minimum absolute atomic E-state index is 0.160. The molecule has 0 aliphatic carbocycles. The summed E-state index contributed by atoms with van der Waals surface area (Å²) in [5.74, 6) is 1.32. The van der Waals surface area contributed by atoms with Gasteiger partial charge in [0, 0.05) is 5.56 Å². The van der Waals surface area contributed by atoms with Crippen LogP contribution in [-0.2, 0) is 17.8 Å². The average molecular weight is 365 g/mol. The van der Waals surface area contributed by atoms with Crippen LogP contribution in [0.2, 0.25) is 0 Å². The van der Waals surface area contributed by atoms with Gasteiger partial charge < -0.3 is 14.6 Å². The van der Waals surface area contributed by atoms with Crippen LogP contribution in [0, 0.1) is 0 Å². The van der Waals surface area contributed by atoms with Crippen LogP contribution in [0.15, 0.2) is 59.1 Å². The molecule has 0 fully saturated rings. The number of carbonyl (C=O) groups is 1. The highest BCUT2D eigenvalue weighted by molar-refractivity contribution is 5.81. The van der Waals surface area contributed by atoms with Gasteiger partial charge in [-0.1, -0.05) is 61.5 Å². The normalized spacial score (nSPS) is 11.8. The maximum absolute atomic E-state index is 12.4. The summed E-state index contributed by atoms with van der Waals surface area (Å²) in [5.41, 5.74) is 2.09. The Balaban J connectivity index is 1.56. The third-order valence-electron chi connectivity index (χ3n) is 4.19.